The standard InChI is InChI=1S/C23H23N3O3/c1-17-4-8-20(9-5-17)25-22(27)16-29-21-10-6-18(7-11-21)14-19(15-24)23(28)26-12-2-3-13-26/h4-11,14H,2-3,12-13,16H2,1H3,(H,25,27)/b19-14+. The van der Waals surface area contributed by atoms with Gasteiger partial charge in [-0.1, -0.05) is 29.8 Å². The molecule has 3 rings (SSSR count). The molecule has 0 atom stereocenters. The summed E-state index contributed by atoms with van der Waals surface area (Å²) in [6.45, 7) is 3.28. The third kappa shape index (κ3) is 5.69. The fourth-order valence-corrected chi connectivity index (χ4v) is 3.04. The molecule has 0 aromatic heterocycles. The highest BCUT2D eigenvalue weighted by atomic mass is 16.5. The van der Waals surface area contributed by atoms with Gasteiger partial charge in [-0.15, -0.1) is 0 Å². The normalized spacial score (nSPS) is 13.7. The van der Waals surface area contributed by atoms with E-state index >= 15 is 0 Å². The van der Waals surface area contributed by atoms with Crippen LogP contribution in [0.3, 0.4) is 0 Å². The lowest BCUT2D eigenvalue weighted by Gasteiger charge is -2.14. The Morgan fingerprint density at radius 3 is 2.38 bits per heavy atom. The van der Waals surface area contributed by atoms with E-state index in [0.717, 1.165) is 29.7 Å². The summed E-state index contributed by atoms with van der Waals surface area (Å²) >= 11 is 0. The van der Waals surface area contributed by atoms with Crippen molar-refractivity contribution in [3.63, 3.8) is 0 Å². The molecular formula is C23H23N3O3. The first kappa shape index (κ1) is 20.2. The molecule has 2 aromatic rings. The fourth-order valence-electron chi connectivity index (χ4n) is 3.04. The van der Waals surface area contributed by atoms with Crippen molar-refractivity contribution in [3.05, 3.63) is 65.2 Å². The van der Waals surface area contributed by atoms with E-state index < -0.39 is 0 Å². The third-order valence-corrected chi connectivity index (χ3v) is 4.64. The predicted octanol–water partition coefficient (Wildman–Crippen LogP) is 3.54. The summed E-state index contributed by atoms with van der Waals surface area (Å²) in [6.07, 6.45) is 3.54. The maximum atomic E-state index is 12.4. The van der Waals surface area contributed by atoms with E-state index in [2.05, 4.69) is 5.32 Å². The zero-order chi connectivity index (χ0) is 20.6. The molecule has 1 saturated heterocycles. The SMILES string of the molecule is Cc1ccc(NC(=O)COc2ccc(/C=C(\C#N)C(=O)N3CCCC3)cc2)cc1. The predicted molar refractivity (Wildman–Crippen MR) is 111 cm³/mol. The number of nitrogens with one attached hydrogen (secondary N) is 1. The number of hydrogen-bond acceptors (Lipinski definition) is 4. The van der Waals surface area contributed by atoms with Crippen molar-refractivity contribution in [1.82, 2.24) is 4.90 Å². The minimum Gasteiger partial charge on any atom is -0.484 e. The van der Waals surface area contributed by atoms with Crippen molar-refractivity contribution < 1.29 is 14.3 Å². The summed E-state index contributed by atoms with van der Waals surface area (Å²) in [5, 5.41) is 12.1. The van der Waals surface area contributed by atoms with E-state index in [-0.39, 0.29) is 24.0 Å². The molecule has 29 heavy (non-hydrogen) atoms. The number of aryl methyl sites for hydroxylation is 1. The van der Waals surface area contributed by atoms with Crippen LogP contribution in [-0.4, -0.2) is 36.4 Å². The molecule has 1 fully saturated rings. The van der Waals surface area contributed by atoms with E-state index in [0.29, 0.717) is 18.8 Å². The highest BCUT2D eigenvalue weighted by Crippen LogP contribution is 2.17. The summed E-state index contributed by atoms with van der Waals surface area (Å²) in [5.74, 6) is 0.0597. The molecule has 6 nitrogen and oxygen atoms in total. The number of likely N-dealkylation sites (tertiary alicyclic amines) is 1. The molecule has 0 aliphatic carbocycles. The first-order valence-electron chi connectivity index (χ1n) is 9.55. The van der Waals surface area contributed by atoms with Gasteiger partial charge >= 0.3 is 0 Å². The number of benzene rings is 2. The van der Waals surface area contributed by atoms with E-state index in [1.54, 1.807) is 35.2 Å². The lowest BCUT2D eigenvalue weighted by Crippen LogP contribution is -2.28. The third-order valence-electron chi connectivity index (χ3n) is 4.64. The summed E-state index contributed by atoms with van der Waals surface area (Å²) < 4.78 is 5.51. The van der Waals surface area contributed by atoms with Crippen LogP contribution in [0.1, 0.15) is 24.0 Å². The maximum Gasteiger partial charge on any atom is 0.264 e. The minimum absolute atomic E-state index is 0.111. The molecule has 1 N–H and O–H groups in total. The first-order chi connectivity index (χ1) is 14.0. The van der Waals surface area contributed by atoms with Gasteiger partial charge in [-0.25, -0.2) is 0 Å². The van der Waals surface area contributed by atoms with E-state index in [4.69, 9.17) is 4.74 Å². The molecule has 148 valence electrons. The number of rotatable bonds is 6. The largest absolute Gasteiger partial charge is 0.484 e. The summed E-state index contributed by atoms with van der Waals surface area (Å²) in [4.78, 5) is 26.1. The topological polar surface area (TPSA) is 82.4 Å². The average Bonchev–Trinajstić information content (AvgIpc) is 3.27. The van der Waals surface area contributed by atoms with Gasteiger partial charge in [0.2, 0.25) is 0 Å². The second-order valence-corrected chi connectivity index (χ2v) is 6.94. The Hall–Kier alpha value is -3.59. The molecule has 6 heteroatoms. The Morgan fingerprint density at radius 2 is 1.76 bits per heavy atom. The van der Waals surface area contributed by atoms with Crippen LogP contribution >= 0.6 is 0 Å². The zero-order valence-electron chi connectivity index (χ0n) is 16.4. The first-order valence-corrected chi connectivity index (χ1v) is 9.55. The van der Waals surface area contributed by atoms with Gasteiger partial charge in [-0.2, -0.15) is 5.26 Å². The monoisotopic (exact) mass is 389 g/mol. The highest BCUT2D eigenvalue weighted by Gasteiger charge is 2.21. The van der Waals surface area contributed by atoms with Gasteiger partial charge in [-0.3, -0.25) is 9.59 Å². The number of hydrogen-bond donors (Lipinski definition) is 1. The molecule has 2 amide bonds. The number of ether oxygens (including phenoxy) is 1. The average molecular weight is 389 g/mol. The van der Waals surface area contributed by atoms with Crippen LogP contribution in [0, 0.1) is 18.3 Å². The van der Waals surface area contributed by atoms with Crippen LogP contribution in [-0.2, 0) is 9.59 Å². The van der Waals surface area contributed by atoms with Crippen LogP contribution < -0.4 is 10.1 Å². The molecule has 0 unspecified atom stereocenters. The quantitative estimate of drug-likeness (QED) is 0.605. The van der Waals surface area contributed by atoms with Gasteiger partial charge < -0.3 is 15.0 Å². The number of carbonyl (C=O) groups excluding carboxylic acids is 2. The molecule has 1 aliphatic rings. The molecule has 0 radical (unpaired) electrons. The van der Waals surface area contributed by atoms with E-state index in [1.165, 1.54) is 0 Å². The van der Waals surface area contributed by atoms with Crippen LogP contribution in [0.4, 0.5) is 5.69 Å². The lowest BCUT2D eigenvalue weighted by molar-refractivity contribution is -0.125. The van der Waals surface area contributed by atoms with Crippen molar-refractivity contribution in [2.45, 2.75) is 19.8 Å². The summed E-state index contributed by atoms with van der Waals surface area (Å²) in [6, 6.07) is 16.4. The highest BCUT2D eigenvalue weighted by molar-refractivity contribution is 6.01. The minimum atomic E-state index is -0.249. The van der Waals surface area contributed by atoms with Gasteiger partial charge in [0, 0.05) is 18.8 Å². The Balaban J connectivity index is 1.55. The number of nitrogens with zero attached hydrogens (tertiary/aromatic N) is 2. The van der Waals surface area contributed by atoms with Gasteiger partial charge in [0.25, 0.3) is 11.8 Å². The molecule has 0 bridgehead atoms. The van der Waals surface area contributed by atoms with Gasteiger partial charge in [0.1, 0.15) is 17.4 Å². The van der Waals surface area contributed by atoms with Crippen LogP contribution in [0.15, 0.2) is 54.1 Å². The summed E-state index contributed by atoms with van der Waals surface area (Å²) in [7, 11) is 0. The van der Waals surface area contributed by atoms with Gasteiger partial charge in [0.05, 0.1) is 0 Å². The second-order valence-electron chi connectivity index (χ2n) is 6.94. The molecular weight excluding hydrogens is 366 g/mol. The zero-order valence-corrected chi connectivity index (χ0v) is 16.4. The van der Waals surface area contributed by atoms with Gasteiger partial charge in [-0.05, 0) is 55.7 Å². The second kappa shape index (κ2) is 9.56. The Labute approximate surface area is 170 Å². The summed E-state index contributed by atoms with van der Waals surface area (Å²) in [5.41, 5.74) is 2.69. The molecule has 1 heterocycles. The maximum absolute atomic E-state index is 12.4. The number of carbonyl (C=O) groups is 2. The number of nitriles is 1. The molecule has 1 aliphatic heterocycles. The van der Waals surface area contributed by atoms with Crippen molar-refractivity contribution >= 4 is 23.6 Å². The van der Waals surface area contributed by atoms with Crippen LogP contribution in [0.2, 0.25) is 0 Å². The Morgan fingerprint density at radius 1 is 1.10 bits per heavy atom. The van der Waals surface area contributed by atoms with Crippen molar-refractivity contribution in [3.8, 4) is 11.8 Å². The molecule has 2 aromatic carbocycles. The van der Waals surface area contributed by atoms with Crippen LogP contribution in [0.5, 0.6) is 5.75 Å². The molecule has 0 spiro atoms. The van der Waals surface area contributed by atoms with E-state index in [9.17, 15) is 14.9 Å². The smallest absolute Gasteiger partial charge is 0.264 e. The lowest BCUT2D eigenvalue weighted by atomic mass is 10.1. The van der Waals surface area contributed by atoms with Crippen LogP contribution in [0.25, 0.3) is 6.08 Å². The van der Waals surface area contributed by atoms with Crippen molar-refractivity contribution in [1.29, 1.82) is 5.26 Å². The van der Waals surface area contributed by atoms with Crippen molar-refractivity contribution in [2.24, 2.45) is 0 Å². The molecule has 0 saturated carbocycles. The van der Waals surface area contributed by atoms with E-state index in [1.807, 2.05) is 37.3 Å². The Bertz CT molecular complexity index is 935. The fraction of sp³-hybridized carbons (Fsp3) is 0.261. The van der Waals surface area contributed by atoms with Crippen molar-refractivity contribution in [2.75, 3.05) is 25.0 Å². The van der Waals surface area contributed by atoms with Gasteiger partial charge in [0.15, 0.2) is 6.61 Å². The Kier molecular flexibility index (Phi) is 6.64. The number of anilines is 1. The number of amides is 2.